The monoisotopic (exact) mass is 452 g/mol. The Kier molecular flexibility index (Phi) is 7.25. The molecule has 1 amide bonds. The second-order valence-electron chi connectivity index (χ2n) is 8.59. The second kappa shape index (κ2) is 9.91. The molecule has 1 aromatic heterocycles. The van der Waals surface area contributed by atoms with Crippen molar-refractivity contribution in [2.45, 2.75) is 39.8 Å². The molecule has 2 heterocycles. The molecule has 0 fully saturated rings. The molecular weight excluding hydrogens is 424 g/mol. The van der Waals surface area contributed by atoms with Crippen LogP contribution in [0, 0.1) is 6.92 Å². The van der Waals surface area contributed by atoms with Crippen molar-refractivity contribution < 1.29 is 14.3 Å². The number of nitrogens with one attached hydrogen (secondary N) is 2. The van der Waals surface area contributed by atoms with Crippen LogP contribution >= 0.6 is 12.2 Å². The zero-order chi connectivity index (χ0) is 23.3. The van der Waals surface area contributed by atoms with Crippen molar-refractivity contribution in [1.29, 1.82) is 0 Å². The van der Waals surface area contributed by atoms with E-state index in [1.54, 1.807) is 33.2 Å². The predicted molar refractivity (Wildman–Crippen MR) is 128 cm³/mol. The van der Waals surface area contributed by atoms with Crippen LogP contribution in [0.4, 0.5) is 10.5 Å². The minimum absolute atomic E-state index is 0.0969. The van der Waals surface area contributed by atoms with Gasteiger partial charge in [-0.25, -0.2) is 4.79 Å². The summed E-state index contributed by atoms with van der Waals surface area (Å²) in [5.74, 6) is -0.246. The molecule has 0 saturated carbocycles. The average Bonchev–Trinajstić information content (AvgIpc) is 2.72. The molecule has 168 valence electrons. The lowest BCUT2D eigenvalue weighted by molar-refractivity contribution is -0.116. The SMILES string of the molecule is Cc1cnccc1CNC1=C(C(=S)Nc2ccccc2)C(=O)CN(C(=O)OC(C)(C)C)C1. The summed E-state index contributed by atoms with van der Waals surface area (Å²) in [5.41, 5.74) is 3.16. The molecule has 0 spiro atoms. The van der Waals surface area contributed by atoms with Gasteiger partial charge in [0.2, 0.25) is 0 Å². The summed E-state index contributed by atoms with van der Waals surface area (Å²) in [6.45, 7) is 7.92. The number of nitrogens with zero attached hydrogens (tertiary/aromatic N) is 2. The van der Waals surface area contributed by atoms with Crippen LogP contribution in [0.1, 0.15) is 31.9 Å². The van der Waals surface area contributed by atoms with Crippen LogP contribution in [0.15, 0.2) is 60.1 Å². The number of rotatable bonds is 5. The predicted octanol–water partition coefficient (Wildman–Crippen LogP) is 3.99. The zero-order valence-electron chi connectivity index (χ0n) is 18.8. The number of amides is 1. The minimum Gasteiger partial charge on any atom is -0.444 e. The van der Waals surface area contributed by atoms with E-state index in [2.05, 4.69) is 15.6 Å². The van der Waals surface area contributed by atoms with Crippen molar-refractivity contribution >= 4 is 34.8 Å². The number of anilines is 1. The van der Waals surface area contributed by atoms with Gasteiger partial charge in [0.25, 0.3) is 0 Å². The molecule has 0 unspecified atom stereocenters. The number of aromatic nitrogens is 1. The zero-order valence-corrected chi connectivity index (χ0v) is 19.6. The molecule has 2 N–H and O–H groups in total. The Labute approximate surface area is 193 Å². The fraction of sp³-hybridized carbons (Fsp3) is 0.333. The van der Waals surface area contributed by atoms with Crippen molar-refractivity contribution in [1.82, 2.24) is 15.2 Å². The van der Waals surface area contributed by atoms with E-state index in [1.807, 2.05) is 43.3 Å². The van der Waals surface area contributed by atoms with E-state index in [1.165, 1.54) is 4.90 Å². The van der Waals surface area contributed by atoms with E-state index < -0.39 is 11.7 Å². The standard InChI is InChI=1S/C24H28N4O3S/c1-16-12-25-11-10-17(16)13-26-19-14-28(23(30)31-24(2,3)4)15-20(29)21(19)22(32)27-18-8-6-5-7-9-18/h5-12,26H,13-15H2,1-4H3,(H,27,32). The number of ether oxygens (including phenoxy) is 1. The first kappa shape index (κ1) is 23.4. The van der Waals surface area contributed by atoms with Gasteiger partial charge < -0.3 is 15.4 Å². The smallest absolute Gasteiger partial charge is 0.411 e. The van der Waals surface area contributed by atoms with Crippen molar-refractivity contribution in [2.24, 2.45) is 0 Å². The maximum Gasteiger partial charge on any atom is 0.411 e. The summed E-state index contributed by atoms with van der Waals surface area (Å²) < 4.78 is 5.47. The van der Waals surface area contributed by atoms with Crippen LogP contribution in [0.3, 0.4) is 0 Å². The summed E-state index contributed by atoms with van der Waals surface area (Å²) >= 11 is 5.58. The third kappa shape index (κ3) is 6.13. The highest BCUT2D eigenvalue weighted by molar-refractivity contribution is 7.81. The maximum absolute atomic E-state index is 13.1. The van der Waals surface area contributed by atoms with Gasteiger partial charge in [-0.15, -0.1) is 0 Å². The average molecular weight is 453 g/mol. The Morgan fingerprint density at radius 2 is 1.91 bits per heavy atom. The first-order chi connectivity index (χ1) is 15.1. The van der Waals surface area contributed by atoms with Crippen molar-refractivity contribution in [3.8, 4) is 0 Å². The number of pyridine rings is 1. The van der Waals surface area contributed by atoms with Crippen molar-refractivity contribution in [3.63, 3.8) is 0 Å². The Hall–Kier alpha value is -3.26. The molecule has 1 aliphatic heterocycles. The summed E-state index contributed by atoms with van der Waals surface area (Å²) in [5, 5.41) is 6.46. The number of thiocarbonyl (C=S) groups is 1. The van der Waals surface area contributed by atoms with Crippen molar-refractivity contribution in [2.75, 3.05) is 18.4 Å². The van der Waals surface area contributed by atoms with Gasteiger partial charge in [-0.1, -0.05) is 30.4 Å². The minimum atomic E-state index is -0.657. The van der Waals surface area contributed by atoms with Gasteiger partial charge in [-0.3, -0.25) is 14.7 Å². The summed E-state index contributed by atoms with van der Waals surface area (Å²) in [6, 6.07) is 11.3. The van der Waals surface area contributed by atoms with Crippen LogP contribution in [-0.4, -0.2) is 45.4 Å². The van der Waals surface area contributed by atoms with Gasteiger partial charge >= 0.3 is 6.09 Å². The number of carbonyl (C=O) groups excluding carboxylic acids is 2. The van der Waals surface area contributed by atoms with Gasteiger partial charge in [0.1, 0.15) is 10.6 Å². The van der Waals surface area contributed by atoms with E-state index in [0.717, 1.165) is 16.8 Å². The third-order valence-electron chi connectivity index (χ3n) is 4.80. The molecule has 2 aromatic rings. The number of benzene rings is 1. The van der Waals surface area contributed by atoms with Gasteiger partial charge in [-0.2, -0.15) is 0 Å². The first-order valence-electron chi connectivity index (χ1n) is 10.4. The molecule has 7 nitrogen and oxygen atoms in total. The van der Waals surface area contributed by atoms with E-state index in [-0.39, 0.29) is 18.9 Å². The molecule has 32 heavy (non-hydrogen) atoms. The van der Waals surface area contributed by atoms with Gasteiger partial charge in [0.05, 0.1) is 18.7 Å². The molecule has 0 saturated heterocycles. The molecule has 1 aromatic carbocycles. The highest BCUT2D eigenvalue weighted by Gasteiger charge is 2.33. The molecule has 1 aliphatic rings. The number of carbonyl (C=O) groups is 2. The Bertz CT molecular complexity index is 1040. The fourth-order valence-electron chi connectivity index (χ4n) is 3.23. The Balaban J connectivity index is 1.88. The fourth-order valence-corrected chi connectivity index (χ4v) is 3.58. The van der Waals surface area contributed by atoms with E-state index in [9.17, 15) is 9.59 Å². The molecule has 0 bridgehead atoms. The van der Waals surface area contributed by atoms with Crippen LogP contribution in [-0.2, 0) is 16.1 Å². The number of para-hydroxylation sites is 1. The normalized spacial score (nSPS) is 14.2. The Morgan fingerprint density at radius 3 is 2.56 bits per heavy atom. The summed E-state index contributed by atoms with van der Waals surface area (Å²) in [7, 11) is 0. The Morgan fingerprint density at radius 1 is 1.19 bits per heavy atom. The molecule has 3 rings (SSSR count). The van der Waals surface area contributed by atoms with E-state index >= 15 is 0 Å². The van der Waals surface area contributed by atoms with Crippen LogP contribution in [0.25, 0.3) is 0 Å². The lowest BCUT2D eigenvalue weighted by Gasteiger charge is -2.32. The van der Waals surface area contributed by atoms with Gasteiger partial charge in [0.15, 0.2) is 5.78 Å². The van der Waals surface area contributed by atoms with E-state index in [4.69, 9.17) is 17.0 Å². The second-order valence-corrected chi connectivity index (χ2v) is 9.00. The van der Waals surface area contributed by atoms with Crippen LogP contribution in [0.5, 0.6) is 0 Å². The summed E-state index contributed by atoms with van der Waals surface area (Å²) in [4.78, 5) is 31.6. The van der Waals surface area contributed by atoms with E-state index in [0.29, 0.717) is 22.8 Å². The molecular formula is C24H28N4O3S. The summed E-state index contributed by atoms with van der Waals surface area (Å²) in [6.07, 6.45) is 2.97. The highest BCUT2D eigenvalue weighted by atomic mass is 32.1. The number of ketones is 1. The quantitative estimate of drug-likeness (QED) is 0.664. The number of aryl methyl sites for hydroxylation is 1. The van der Waals surface area contributed by atoms with Crippen LogP contribution in [0.2, 0.25) is 0 Å². The lowest BCUT2D eigenvalue weighted by Crippen LogP contribution is -2.48. The topological polar surface area (TPSA) is 83.6 Å². The number of Topliss-reactive ketones (excluding diaryl/α,β-unsaturated/α-hetero) is 1. The number of hydrogen-bond donors (Lipinski definition) is 2. The largest absolute Gasteiger partial charge is 0.444 e. The molecule has 0 aliphatic carbocycles. The van der Waals surface area contributed by atoms with Gasteiger partial charge in [-0.05, 0) is 57.0 Å². The van der Waals surface area contributed by atoms with Gasteiger partial charge in [0, 0.05) is 30.3 Å². The van der Waals surface area contributed by atoms with Crippen molar-refractivity contribution in [3.05, 3.63) is 71.2 Å². The first-order valence-corrected chi connectivity index (χ1v) is 10.8. The molecule has 0 radical (unpaired) electrons. The molecule has 8 heteroatoms. The van der Waals surface area contributed by atoms with Crippen LogP contribution < -0.4 is 10.6 Å². The number of hydrogen-bond acceptors (Lipinski definition) is 6. The third-order valence-corrected chi connectivity index (χ3v) is 5.11. The maximum atomic E-state index is 13.1. The highest BCUT2D eigenvalue weighted by Crippen LogP contribution is 2.20. The lowest BCUT2D eigenvalue weighted by atomic mass is 10.0. The molecule has 0 atom stereocenters.